The molecule has 0 radical (unpaired) electrons. The number of hydrogen-bond donors (Lipinski definition) is 2. The van der Waals surface area contributed by atoms with Crippen LogP contribution in [0.1, 0.15) is 43.0 Å². The summed E-state index contributed by atoms with van der Waals surface area (Å²) in [6.45, 7) is 3.99. The Morgan fingerprint density at radius 1 is 1.12 bits per heavy atom. The van der Waals surface area contributed by atoms with Crippen LogP contribution in [0.5, 0.6) is 0 Å². The molecule has 3 aliphatic rings. The van der Waals surface area contributed by atoms with E-state index in [4.69, 9.17) is 0 Å². The Labute approximate surface area is 154 Å². The van der Waals surface area contributed by atoms with E-state index >= 15 is 0 Å². The molecule has 2 N–H and O–H groups in total. The number of rotatable bonds is 3. The fraction of sp³-hybridized carbons (Fsp3) is 0.579. The van der Waals surface area contributed by atoms with Gasteiger partial charge in [0.2, 0.25) is 5.91 Å². The van der Waals surface area contributed by atoms with Crippen LogP contribution in [0.4, 0.5) is 5.69 Å². The Kier molecular flexibility index (Phi) is 5.35. The fourth-order valence-electron chi connectivity index (χ4n) is 4.08. The molecule has 2 saturated heterocycles. The summed E-state index contributed by atoms with van der Waals surface area (Å²) in [5.74, 6) is 0.877. The summed E-state index contributed by atoms with van der Waals surface area (Å²) in [5, 5.41) is 6.37. The lowest BCUT2D eigenvalue weighted by Gasteiger charge is -2.28. The molecule has 2 bridgehead atoms. The molecular formula is C19H26ClN3O2. The number of nitrogens with one attached hydrogen (secondary N) is 2. The standard InChI is InChI=1S/C19H25N3O2.ClH/c1-12-10-17(12)18(23)21-14-4-2-13(3-5-14)19(24)22-15-6-7-16(22)11-20-9-8-15;/h2-5,12,15-17,20H,6-11H2,1H3,(H,21,23);1H. The molecule has 1 aromatic carbocycles. The molecule has 1 aromatic rings. The van der Waals surface area contributed by atoms with Gasteiger partial charge in [0.25, 0.3) is 5.91 Å². The molecule has 0 aromatic heterocycles. The Hall–Kier alpha value is -1.59. The zero-order chi connectivity index (χ0) is 16.7. The molecule has 2 aliphatic heterocycles. The van der Waals surface area contributed by atoms with E-state index in [9.17, 15) is 9.59 Å². The van der Waals surface area contributed by atoms with Crippen molar-refractivity contribution in [1.29, 1.82) is 0 Å². The minimum atomic E-state index is 0. The first-order chi connectivity index (χ1) is 11.6. The SMILES string of the molecule is CC1CC1C(=O)Nc1ccc(C(=O)N2C3CCNCC2CC3)cc1.Cl. The third-order valence-electron chi connectivity index (χ3n) is 5.73. The molecule has 5 nitrogen and oxygen atoms in total. The Bertz CT molecular complexity index is 635. The maximum absolute atomic E-state index is 12.9. The fourth-order valence-corrected chi connectivity index (χ4v) is 4.08. The molecule has 136 valence electrons. The van der Waals surface area contributed by atoms with Gasteiger partial charge in [-0.1, -0.05) is 6.92 Å². The van der Waals surface area contributed by atoms with E-state index in [0.717, 1.165) is 44.5 Å². The van der Waals surface area contributed by atoms with Gasteiger partial charge in [0.05, 0.1) is 0 Å². The largest absolute Gasteiger partial charge is 0.331 e. The second-order valence-corrected chi connectivity index (χ2v) is 7.48. The highest BCUT2D eigenvalue weighted by atomic mass is 35.5. The summed E-state index contributed by atoms with van der Waals surface area (Å²) in [6, 6.07) is 8.05. The van der Waals surface area contributed by atoms with Gasteiger partial charge in [-0.2, -0.15) is 0 Å². The third kappa shape index (κ3) is 3.67. The minimum Gasteiger partial charge on any atom is -0.331 e. The van der Waals surface area contributed by atoms with Crippen molar-refractivity contribution in [3.05, 3.63) is 29.8 Å². The summed E-state index contributed by atoms with van der Waals surface area (Å²) in [7, 11) is 0. The predicted molar refractivity (Wildman–Crippen MR) is 100 cm³/mol. The van der Waals surface area contributed by atoms with Crippen LogP contribution >= 0.6 is 12.4 Å². The molecule has 4 atom stereocenters. The second kappa shape index (κ2) is 7.34. The Morgan fingerprint density at radius 2 is 1.80 bits per heavy atom. The van der Waals surface area contributed by atoms with E-state index in [2.05, 4.69) is 22.5 Å². The molecule has 6 heteroatoms. The lowest BCUT2D eigenvalue weighted by molar-refractivity contribution is -0.117. The predicted octanol–water partition coefficient (Wildman–Crippen LogP) is 2.67. The van der Waals surface area contributed by atoms with Gasteiger partial charge in [-0.3, -0.25) is 9.59 Å². The maximum atomic E-state index is 12.9. The van der Waals surface area contributed by atoms with E-state index in [1.165, 1.54) is 0 Å². The molecule has 2 amide bonds. The monoisotopic (exact) mass is 363 g/mol. The van der Waals surface area contributed by atoms with Crippen LogP contribution in [-0.4, -0.2) is 41.9 Å². The highest BCUT2D eigenvalue weighted by Crippen LogP contribution is 2.38. The first-order valence-corrected chi connectivity index (χ1v) is 9.08. The van der Waals surface area contributed by atoms with Crippen LogP contribution in [0, 0.1) is 11.8 Å². The van der Waals surface area contributed by atoms with Gasteiger partial charge < -0.3 is 15.5 Å². The molecule has 1 saturated carbocycles. The van der Waals surface area contributed by atoms with Crippen molar-refractivity contribution in [2.75, 3.05) is 18.4 Å². The molecule has 25 heavy (non-hydrogen) atoms. The van der Waals surface area contributed by atoms with Crippen molar-refractivity contribution in [3.63, 3.8) is 0 Å². The normalized spacial score (nSPS) is 30.2. The molecule has 0 spiro atoms. The van der Waals surface area contributed by atoms with Crippen molar-refractivity contribution in [2.45, 2.75) is 44.7 Å². The van der Waals surface area contributed by atoms with E-state index in [-0.39, 0.29) is 30.1 Å². The molecule has 4 unspecified atom stereocenters. The summed E-state index contributed by atoms with van der Waals surface area (Å²) in [4.78, 5) is 27.0. The van der Waals surface area contributed by atoms with Crippen LogP contribution in [0.25, 0.3) is 0 Å². The van der Waals surface area contributed by atoms with E-state index in [0.29, 0.717) is 23.6 Å². The number of anilines is 1. The van der Waals surface area contributed by atoms with E-state index < -0.39 is 0 Å². The highest BCUT2D eigenvalue weighted by Gasteiger charge is 2.39. The number of carbonyl (C=O) groups is 2. The number of carbonyl (C=O) groups excluding carboxylic acids is 2. The first kappa shape index (κ1) is 18.2. The van der Waals surface area contributed by atoms with Gasteiger partial charge in [0.15, 0.2) is 0 Å². The van der Waals surface area contributed by atoms with E-state index in [1.54, 1.807) is 0 Å². The minimum absolute atomic E-state index is 0. The second-order valence-electron chi connectivity index (χ2n) is 7.48. The van der Waals surface area contributed by atoms with Crippen molar-refractivity contribution >= 4 is 29.9 Å². The van der Waals surface area contributed by atoms with Gasteiger partial charge in [-0.15, -0.1) is 12.4 Å². The van der Waals surface area contributed by atoms with Crippen LogP contribution in [0.3, 0.4) is 0 Å². The smallest absolute Gasteiger partial charge is 0.254 e. The average Bonchev–Trinajstić information content (AvgIpc) is 3.21. The number of halogens is 1. The quantitative estimate of drug-likeness (QED) is 0.867. The highest BCUT2D eigenvalue weighted by molar-refractivity contribution is 5.97. The lowest BCUT2D eigenvalue weighted by atomic mass is 10.1. The molecular weight excluding hydrogens is 338 g/mol. The first-order valence-electron chi connectivity index (χ1n) is 9.08. The molecule has 1 aliphatic carbocycles. The van der Waals surface area contributed by atoms with Gasteiger partial charge in [0.1, 0.15) is 0 Å². The lowest BCUT2D eigenvalue weighted by Crippen LogP contribution is -2.42. The van der Waals surface area contributed by atoms with Crippen LogP contribution < -0.4 is 10.6 Å². The summed E-state index contributed by atoms with van der Waals surface area (Å²) in [5.41, 5.74) is 1.49. The van der Waals surface area contributed by atoms with E-state index in [1.807, 2.05) is 24.3 Å². The topological polar surface area (TPSA) is 61.4 Å². The average molecular weight is 364 g/mol. The maximum Gasteiger partial charge on any atom is 0.254 e. The summed E-state index contributed by atoms with van der Waals surface area (Å²) in [6.07, 6.45) is 4.23. The number of fused-ring (bicyclic) bond motifs is 2. The van der Waals surface area contributed by atoms with Crippen LogP contribution in [0.15, 0.2) is 24.3 Å². The Morgan fingerprint density at radius 3 is 2.48 bits per heavy atom. The molecule has 2 heterocycles. The number of amides is 2. The summed E-state index contributed by atoms with van der Waals surface area (Å²) < 4.78 is 0. The van der Waals surface area contributed by atoms with Gasteiger partial charge in [-0.25, -0.2) is 0 Å². The Balaban J connectivity index is 0.00000182. The summed E-state index contributed by atoms with van der Waals surface area (Å²) >= 11 is 0. The number of nitrogens with zero attached hydrogens (tertiary/aromatic N) is 1. The van der Waals surface area contributed by atoms with Crippen LogP contribution in [0.2, 0.25) is 0 Å². The van der Waals surface area contributed by atoms with Gasteiger partial charge >= 0.3 is 0 Å². The third-order valence-corrected chi connectivity index (χ3v) is 5.73. The number of hydrogen-bond acceptors (Lipinski definition) is 3. The van der Waals surface area contributed by atoms with Gasteiger partial charge in [0, 0.05) is 35.8 Å². The van der Waals surface area contributed by atoms with Crippen molar-refractivity contribution in [2.24, 2.45) is 11.8 Å². The molecule has 3 fully saturated rings. The van der Waals surface area contributed by atoms with Crippen molar-refractivity contribution < 1.29 is 9.59 Å². The van der Waals surface area contributed by atoms with Crippen molar-refractivity contribution in [3.8, 4) is 0 Å². The van der Waals surface area contributed by atoms with Gasteiger partial charge in [-0.05, 0) is 62.4 Å². The zero-order valence-corrected chi connectivity index (χ0v) is 15.3. The zero-order valence-electron chi connectivity index (χ0n) is 14.5. The van der Waals surface area contributed by atoms with Crippen LogP contribution in [-0.2, 0) is 4.79 Å². The number of benzene rings is 1. The van der Waals surface area contributed by atoms with Crippen molar-refractivity contribution in [1.82, 2.24) is 10.2 Å². The molecule has 4 rings (SSSR count).